The molecule has 0 spiro atoms. The first-order chi connectivity index (χ1) is 8.15. The SMILES string of the molecule is Cc1cccc(C)c1NCCS(=O)(=O)C(C)(C)C. The number of aryl methyl sites for hydroxylation is 2. The minimum Gasteiger partial charge on any atom is -0.384 e. The highest BCUT2D eigenvalue weighted by Gasteiger charge is 2.28. The molecule has 0 bridgehead atoms. The normalized spacial score (nSPS) is 12.5. The molecule has 0 saturated heterocycles. The van der Waals surface area contributed by atoms with Crippen molar-refractivity contribution in [3.63, 3.8) is 0 Å². The van der Waals surface area contributed by atoms with E-state index in [1.165, 1.54) is 0 Å². The first-order valence-electron chi connectivity index (χ1n) is 6.17. The van der Waals surface area contributed by atoms with Crippen LogP contribution in [0.5, 0.6) is 0 Å². The van der Waals surface area contributed by atoms with Crippen molar-refractivity contribution in [2.24, 2.45) is 0 Å². The van der Waals surface area contributed by atoms with Crippen LogP contribution in [0, 0.1) is 13.8 Å². The molecule has 0 unspecified atom stereocenters. The zero-order valence-electron chi connectivity index (χ0n) is 11.9. The lowest BCUT2D eigenvalue weighted by Gasteiger charge is -2.20. The molecule has 0 heterocycles. The average Bonchev–Trinajstić information content (AvgIpc) is 2.20. The van der Waals surface area contributed by atoms with Crippen LogP contribution in [-0.4, -0.2) is 25.5 Å². The fourth-order valence-corrected chi connectivity index (χ4v) is 2.69. The first kappa shape index (κ1) is 15.0. The standard InChI is InChI=1S/C14H23NO2S/c1-11-7-6-8-12(2)13(11)15-9-10-18(16,17)14(3,4)5/h6-8,15H,9-10H2,1-5H3. The summed E-state index contributed by atoms with van der Waals surface area (Å²) in [4.78, 5) is 0. The lowest BCUT2D eigenvalue weighted by molar-refractivity contribution is 0.560. The monoisotopic (exact) mass is 269 g/mol. The molecule has 0 saturated carbocycles. The van der Waals surface area contributed by atoms with E-state index in [4.69, 9.17) is 0 Å². The summed E-state index contributed by atoms with van der Waals surface area (Å²) in [5.41, 5.74) is 3.33. The van der Waals surface area contributed by atoms with Crippen LogP contribution in [0.15, 0.2) is 18.2 Å². The van der Waals surface area contributed by atoms with Crippen molar-refractivity contribution in [3.8, 4) is 0 Å². The van der Waals surface area contributed by atoms with E-state index < -0.39 is 14.6 Å². The highest BCUT2D eigenvalue weighted by atomic mass is 32.2. The molecule has 1 N–H and O–H groups in total. The van der Waals surface area contributed by atoms with Crippen LogP contribution < -0.4 is 5.32 Å². The van der Waals surface area contributed by atoms with Gasteiger partial charge in [0.15, 0.2) is 9.84 Å². The number of benzene rings is 1. The zero-order valence-corrected chi connectivity index (χ0v) is 12.7. The molecule has 18 heavy (non-hydrogen) atoms. The highest BCUT2D eigenvalue weighted by molar-refractivity contribution is 7.92. The van der Waals surface area contributed by atoms with Crippen LogP contribution in [0.25, 0.3) is 0 Å². The Kier molecular flexibility index (Phi) is 4.43. The topological polar surface area (TPSA) is 46.2 Å². The third-order valence-corrected chi connectivity index (χ3v) is 5.69. The van der Waals surface area contributed by atoms with Crippen molar-refractivity contribution < 1.29 is 8.42 Å². The minimum atomic E-state index is -3.06. The third kappa shape index (κ3) is 3.48. The second kappa shape index (κ2) is 5.31. The van der Waals surface area contributed by atoms with E-state index in [0.29, 0.717) is 6.54 Å². The van der Waals surface area contributed by atoms with Gasteiger partial charge in [-0.25, -0.2) is 8.42 Å². The van der Waals surface area contributed by atoms with Crippen LogP contribution in [0.4, 0.5) is 5.69 Å². The second-order valence-corrected chi connectivity index (χ2v) is 8.49. The van der Waals surface area contributed by atoms with Crippen molar-refractivity contribution in [2.45, 2.75) is 39.4 Å². The Hall–Kier alpha value is -1.03. The van der Waals surface area contributed by atoms with Crippen molar-refractivity contribution in [1.29, 1.82) is 0 Å². The summed E-state index contributed by atoms with van der Waals surface area (Å²) >= 11 is 0. The van der Waals surface area contributed by atoms with Crippen LogP contribution in [0.3, 0.4) is 0 Å². The van der Waals surface area contributed by atoms with Gasteiger partial charge in [0.05, 0.1) is 10.5 Å². The number of hydrogen-bond donors (Lipinski definition) is 1. The number of para-hydroxylation sites is 1. The van der Waals surface area contributed by atoms with E-state index in [1.807, 2.05) is 32.0 Å². The molecule has 1 aromatic rings. The van der Waals surface area contributed by atoms with Gasteiger partial charge in [0.1, 0.15) is 0 Å². The van der Waals surface area contributed by atoms with Gasteiger partial charge in [0.25, 0.3) is 0 Å². The highest BCUT2D eigenvalue weighted by Crippen LogP contribution is 2.20. The van der Waals surface area contributed by atoms with Gasteiger partial charge in [-0.3, -0.25) is 0 Å². The van der Waals surface area contributed by atoms with E-state index in [1.54, 1.807) is 20.8 Å². The molecular formula is C14H23NO2S. The molecule has 0 aliphatic carbocycles. The quantitative estimate of drug-likeness (QED) is 0.914. The molecular weight excluding hydrogens is 246 g/mol. The van der Waals surface area contributed by atoms with Gasteiger partial charge in [-0.15, -0.1) is 0 Å². The number of hydrogen-bond acceptors (Lipinski definition) is 3. The number of anilines is 1. The van der Waals surface area contributed by atoms with Crippen LogP contribution >= 0.6 is 0 Å². The van der Waals surface area contributed by atoms with Gasteiger partial charge in [-0.1, -0.05) is 18.2 Å². The Morgan fingerprint density at radius 2 is 1.61 bits per heavy atom. The van der Waals surface area contributed by atoms with Crippen molar-refractivity contribution >= 4 is 15.5 Å². The predicted molar refractivity (Wildman–Crippen MR) is 77.9 cm³/mol. The maximum Gasteiger partial charge on any atom is 0.156 e. The number of rotatable bonds is 4. The van der Waals surface area contributed by atoms with E-state index >= 15 is 0 Å². The molecule has 0 aromatic heterocycles. The summed E-state index contributed by atoms with van der Waals surface area (Å²) < 4.78 is 23.3. The van der Waals surface area contributed by atoms with Gasteiger partial charge in [0, 0.05) is 12.2 Å². The fraction of sp³-hybridized carbons (Fsp3) is 0.571. The molecule has 0 aliphatic rings. The lowest BCUT2D eigenvalue weighted by Crippen LogP contribution is -2.33. The molecule has 1 rings (SSSR count). The lowest BCUT2D eigenvalue weighted by atomic mass is 10.1. The van der Waals surface area contributed by atoms with Gasteiger partial charge in [-0.05, 0) is 45.7 Å². The Bertz CT molecular complexity index is 493. The predicted octanol–water partition coefficient (Wildman–Crippen LogP) is 2.93. The summed E-state index contributed by atoms with van der Waals surface area (Å²) in [6.07, 6.45) is 0. The van der Waals surface area contributed by atoms with E-state index in [-0.39, 0.29) is 5.75 Å². The molecule has 1 aromatic carbocycles. The summed E-state index contributed by atoms with van der Waals surface area (Å²) in [5.74, 6) is 0.157. The molecule has 0 aliphatic heterocycles. The smallest absolute Gasteiger partial charge is 0.156 e. The summed E-state index contributed by atoms with van der Waals surface area (Å²) in [6.45, 7) is 9.70. The second-order valence-electron chi connectivity index (χ2n) is 5.62. The van der Waals surface area contributed by atoms with Gasteiger partial charge in [0.2, 0.25) is 0 Å². The van der Waals surface area contributed by atoms with E-state index in [9.17, 15) is 8.42 Å². The van der Waals surface area contributed by atoms with E-state index in [2.05, 4.69) is 5.32 Å². The number of nitrogens with one attached hydrogen (secondary N) is 1. The summed E-state index contributed by atoms with van der Waals surface area (Å²) in [5, 5.41) is 3.23. The Morgan fingerprint density at radius 3 is 2.06 bits per heavy atom. The van der Waals surface area contributed by atoms with Crippen LogP contribution in [0.2, 0.25) is 0 Å². The van der Waals surface area contributed by atoms with Gasteiger partial charge in [-0.2, -0.15) is 0 Å². The summed E-state index contributed by atoms with van der Waals surface area (Å²) in [7, 11) is -3.06. The Morgan fingerprint density at radius 1 is 1.11 bits per heavy atom. The Labute approximate surface area is 111 Å². The molecule has 0 fully saturated rings. The molecule has 4 heteroatoms. The Balaban J connectivity index is 2.69. The molecule has 0 radical (unpaired) electrons. The molecule has 0 atom stereocenters. The van der Waals surface area contributed by atoms with Gasteiger partial charge >= 0.3 is 0 Å². The van der Waals surface area contributed by atoms with Gasteiger partial charge < -0.3 is 5.32 Å². The minimum absolute atomic E-state index is 0.157. The largest absolute Gasteiger partial charge is 0.384 e. The maximum atomic E-state index is 12.0. The third-order valence-electron chi connectivity index (χ3n) is 3.09. The average molecular weight is 269 g/mol. The molecule has 0 amide bonds. The van der Waals surface area contributed by atoms with Crippen LogP contribution in [0.1, 0.15) is 31.9 Å². The van der Waals surface area contributed by atoms with E-state index in [0.717, 1.165) is 16.8 Å². The summed E-state index contributed by atoms with van der Waals surface area (Å²) in [6, 6.07) is 6.04. The maximum absolute atomic E-state index is 12.0. The van der Waals surface area contributed by atoms with Crippen molar-refractivity contribution in [3.05, 3.63) is 29.3 Å². The van der Waals surface area contributed by atoms with Crippen molar-refractivity contribution in [2.75, 3.05) is 17.6 Å². The first-order valence-corrected chi connectivity index (χ1v) is 7.83. The molecule has 102 valence electrons. The van der Waals surface area contributed by atoms with Crippen molar-refractivity contribution in [1.82, 2.24) is 0 Å². The number of sulfone groups is 1. The zero-order chi connectivity index (χ0) is 14.0. The van der Waals surface area contributed by atoms with Crippen LogP contribution in [-0.2, 0) is 9.84 Å². The fourth-order valence-electron chi connectivity index (χ4n) is 1.71. The molecule has 3 nitrogen and oxygen atoms in total.